The monoisotopic (exact) mass is 357 g/mol. The number of pyridine rings is 1. The highest BCUT2D eigenvalue weighted by atomic mass is 32.2. The predicted octanol–water partition coefficient (Wildman–Crippen LogP) is 2.63. The molecule has 0 amide bonds. The van der Waals surface area contributed by atoms with Crippen LogP contribution in [0.15, 0.2) is 40.3 Å². The molecule has 126 valence electrons. The highest BCUT2D eigenvalue weighted by molar-refractivity contribution is 7.98. The second-order valence-corrected chi connectivity index (χ2v) is 6.19. The first kappa shape index (κ1) is 15.6. The number of aromatic nitrogens is 5. The van der Waals surface area contributed by atoms with Gasteiger partial charge in [0, 0.05) is 6.07 Å². The number of nitrogens with one attached hydrogen (secondary N) is 2. The average molecular weight is 357 g/mol. The van der Waals surface area contributed by atoms with Crippen molar-refractivity contribution in [3.8, 4) is 5.88 Å². The van der Waals surface area contributed by atoms with Gasteiger partial charge >= 0.3 is 0 Å². The number of hydrogen-bond donors (Lipinski definition) is 2. The number of ether oxygens (including phenoxy) is 1. The van der Waals surface area contributed by atoms with E-state index in [0.29, 0.717) is 33.8 Å². The SMILES string of the molecule is COc1ccc2[nH]c(SCc3nc4ccc(F)cc4c(=O)[nH]3)nc2n1. The molecule has 0 spiro atoms. The molecule has 9 heteroatoms. The minimum Gasteiger partial charge on any atom is -0.481 e. The number of imidazole rings is 1. The number of nitrogens with zero attached hydrogens (tertiary/aromatic N) is 3. The topological polar surface area (TPSA) is 96.5 Å². The molecule has 0 aliphatic rings. The number of benzene rings is 1. The van der Waals surface area contributed by atoms with E-state index in [4.69, 9.17) is 4.74 Å². The zero-order chi connectivity index (χ0) is 17.4. The molecule has 4 rings (SSSR count). The lowest BCUT2D eigenvalue weighted by Crippen LogP contribution is -2.11. The lowest BCUT2D eigenvalue weighted by atomic mass is 10.2. The van der Waals surface area contributed by atoms with Crippen molar-refractivity contribution < 1.29 is 9.13 Å². The highest BCUT2D eigenvalue weighted by Gasteiger charge is 2.09. The van der Waals surface area contributed by atoms with E-state index in [2.05, 4.69) is 24.9 Å². The molecule has 7 nitrogen and oxygen atoms in total. The Morgan fingerprint density at radius 3 is 2.88 bits per heavy atom. The van der Waals surface area contributed by atoms with Crippen molar-refractivity contribution in [1.82, 2.24) is 24.9 Å². The van der Waals surface area contributed by atoms with Crippen LogP contribution in [0.25, 0.3) is 22.1 Å². The van der Waals surface area contributed by atoms with Crippen LogP contribution in [-0.4, -0.2) is 32.0 Å². The minimum atomic E-state index is -0.466. The first-order chi connectivity index (χ1) is 12.1. The molecule has 4 aromatic rings. The predicted molar refractivity (Wildman–Crippen MR) is 92.3 cm³/mol. The Bertz CT molecular complexity index is 1140. The van der Waals surface area contributed by atoms with Crippen LogP contribution in [0.2, 0.25) is 0 Å². The maximum absolute atomic E-state index is 13.2. The van der Waals surface area contributed by atoms with Crippen molar-refractivity contribution in [2.75, 3.05) is 7.11 Å². The Labute approximate surface area is 144 Å². The zero-order valence-corrected chi connectivity index (χ0v) is 13.9. The number of halogens is 1. The summed E-state index contributed by atoms with van der Waals surface area (Å²) in [6.45, 7) is 0. The molecule has 3 aromatic heterocycles. The molecule has 0 fully saturated rings. The van der Waals surface area contributed by atoms with Crippen LogP contribution in [0, 0.1) is 5.82 Å². The van der Waals surface area contributed by atoms with Crippen molar-refractivity contribution in [3.63, 3.8) is 0 Å². The van der Waals surface area contributed by atoms with E-state index < -0.39 is 5.82 Å². The van der Waals surface area contributed by atoms with Gasteiger partial charge in [0.25, 0.3) is 5.56 Å². The summed E-state index contributed by atoms with van der Waals surface area (Å²) < 4.78 is 18.3. The van der Waals surface area contributed by atoms with Crippen LogP contribution < -0.4 is 10.3 Å². The van der Waals surface area contributed by atoms with Gasteiger partial charge in [0.1, 0.15) is 11.6 Å². The number of H-pyrrole nitrogens is 2. The third-order valence-electron chi connectivity index (χ3n) is 3.57. The first-order valence-electron chi connectivity index (χ1n) is 7.34. The van der Waals surface area contributed by atoms with Crippen LogP contribution in [-0.2, 0) is 5.75 Å². The molecule has 0 unspecified atom stereocenters. The van der Waals surface area contributed by atoms with Crippen molar-refractivity contribution in [2.24, 2.45) is 0 Å². The van der Waals surface area contributed by atoms with E-state index >= 15 is 0 Å². The lowest BCUT2D eigenvalue weighted by molar-refractivity contribution is 0.399. The number of thioether (sulfide) groups is 1. The first-order valence-corrected chi connectivity index (χ1v) is 8.33. The fourth-order valence-electron chi connectivity index (χ4n) is 2.40. The number of hydrogen-bond acceptors (Lipinski definition) is 6. The summed E-state index contributed by atoms with van der Waals surface area (Å²) in [5, 5.41) is 0.881. The van der Waals surface area contributed by atoms with Gasteiger partial charge in [-0.2, -0.15) is 4.98 Å². The zero-order valence-electron chi connectivity index (χ0n) is 13.0. The molecule has 2 N–H and O–H groups in total. The van der Waals surface area contributed by atoms with Crippen LogP contribution >= 0.6 is 11.8 Å². The fourth-order valence-corrected chi connectivity index (χ4v) is 3.14. The molecule has 0 radical (unpaired) electrons. The Morgan fingerprint density at radius 2 is 2.04 bits per heavy atom. The fraction of sp³-hybridized carbons (Fsp3) is 0.125. The van der Waals surface area contributed by atoms with Gasteiger partial charge in [-0.25, -0.2) is 14.4 Å². The Morgan fingerprint density at radius 1 is 1.16 bits per heavy atom. The highest BCUT2D eigenvalue weighted by Crippen LogP contribution is 2.22. The van der Waals surface area contributed by atoms with Crippen LogP contribution in [0.1, 0.15) is 5.82 Å². The second kappa shape index (κ2) is 6.17. The van der Waals surface area contributed by atoms with E-state index in [1.165, 1.54) is 30.0 Å². The quantitative estimate of drug-likeness (QED) is 0.545. The summed E-state index contributed by atoms with van der Waals surface area (Å²) in [4.78, 5) is 30.8. The van der Waals surface area contributed by atoms with Gasteiger partial charge in [-0.05, 0) is 24.3 Å². The van der Waals surface area contributed by atoms with E-state index in [1.54, 1.807) is 13.2 Å². The largest absolute Gasteiger partial charge is 0.481 e. The summed E-state index contributed by atoms with van der Waals surface area (Å²) in [6.07, 6.45) is 0. The molecule has 1 aromatic carbocycles. The van der Waals surface area contributed by atoms with Gasteiger partial charge < -0.3 is 14.7 Å². The smallest absolute Gasteiger partial charge is 0.258 e. The lowest BCUT2D eigenvalue weighted by Gasteiger charge is -2.02. The molecule has 0 saturated carbocycles. The van der Waals surface area contributed by atoms with Crippen molar-refractivity contribution in [1.29, 1.82) is 0 Å². The van der Waals surface area contributed by atoms with Crippen LogP contribution in [0.3, 0.4) is 0 Å². The molecular formula is C16H12FN5O2S. The van der Waals surface area contributed by atoms with Crippen LogP contribution in [0.4, 0.5) is 4.39 Å². The van der Waals surface area contributed by atoms with E-state index in [0.717, 1.165) is 5.52 Å². The Kier molecular flexibility index (Phi) is 3.85. The number of rotatable bonds is 4. The molecule has 0 aliphatic heterocycles. The van der Waals surface area contributed by atoms with E-state index in [-0.39, 0.29) is 10.9 Å². The Hall–Kier alpha value is -2.94. The van der Waals surface area contributed by atoms with Crippen LogP contribution in [0.5, 0.6) is 5.88 Å². The van der Waals surface area contributed by atoms with Gasteiger partial charge in [0.05, 0.1) is 29.3 Å². The summed E-state index contributed by atoms with van der Waals surface area (Å²) in [6, 6.07) is 7.53. The maximum Gasteiger partial charge on any atom is 0.258 e. The summed E-state index contributed by atoms with van der Waals surface area (Å²) in [7, 11) is 1.55. The van der Waals surface area contributed by atoms with E-state index in [1.807, 2.05) is 6.07 Å². The molecule has 0 aliphatic carbocycles. The second-order valence-electron chi connectivity index (χ2n) is 5.23. The van der Waals surface area contributed by atoms with Gasteiger partial charge in [-0.15, -0.1) is 0 Å². The molecule has 0 bridgehead atoms. The third-order valence-corrected chi connectivity index (χ3v) is 4.45. The number of fused-ring (bicyclic) bond motifs is 2. The number of aromatic amines is 2. The summed E-state index contributed by atoms with van der Waals surface area (Å²) >= 11 is 1.38. The summed E-state index contributed by atoms with van der Waals surface area (Å²) in [5.41, 5.74) is 1.43. The average Bonchev–Trinajstić information content (AvgIpc) is 3.02. The number of methoxy groups -OCH3 is 1. The molecule has 0 atom stereocenters. The molecule has 0 saturated heterocycles. The van der Waals surface area contributed by atoms with Gasteiger partial charge in [-0.1, -0.05) is 11.8 Å². The minimum absolute atomic E-state index is 0.230. The van der Waals surface area contributed by atoms with Crippen molar-refractivity contribution in [3.05, 3.63) is 52.3 Å². The van der Waals surface area contributed by atoms with Gasteiger partial charge in [0.15, 0.2) is 10.8 Å². The van der Waals surface area contributed by atoms with Crippen molar-refractivity contribution >= 4 is 33.8 Å². The molecular weight excluding hydrogens is 345 g/mol. The molecule has 3 heterocycles. The van der Waals surface area contributed by atoms with Crippen molar-refractivity contribution in [2.45, 2.75) is 10.9 Å². The normalized spacial score (nSPS) is 11.3. The Balaban J connectivity index is 1.59. The van der Waals surface area contributed by atoms with E-state index in [9.17, 15) is 9.18 Å². The van der Waals surface area contributed by atoms with Gasteiger partial charge in [-0.3, -0.25) is 4.79 Å². The summed E-state index contributed by atoms with van der Waals surface area (Å²) in [5.74, 6) is 0.912. The maximum atomic E-state index is 13.2. The standard InChI is InChI=1S/C16H12FN5O2S/c1-24-13-5-4-11-14(21-13)22-16(19-11)25-7-12-18-10-3-2-8(17)6-9(10)15(23)20-12/h2-6H,7H2,1H3,(H,18,20,23)(H,19,21,22). The molecule has 25 heavy (non-hydrogen) atoms. The van der Waals surface area contributed by atoms with Gasteiger partial charge in [0.2, 0.25) is 5.88 Å². The third kappa shape index (κ3) is 3.05.